The van der Waals surface area contributed by atoms with E-state index < -0.39 is 52.7 Å². The Labute approximate surface area is 152 Å². The average molecular weight is 376 g/mol. The molecule has 3 aliphatic rings. The number of nitro benzene ring substituents is 1. The number of carbonyl (C=O) groups is 2. The van der Waals surface area contributed by atoms with E-state index in [4.69, 9.17) is 9.47 Å². The van der Waals surface area contributed by atoms with Crippen molar-refractivity contribution in [3.8, 4) is 0 Å². The van der Waals surface area contributed by atoms with Crippen LogP contribution in [-0.2, 0) is 14.3 Å². The topological polar surface area (TPSA) is 148 Å². The fraction of sp³-hybridized carbons (Fsp3) is 0.412. The first-order chi connectivity index (χ1) is 12.7. The van der Waals surface area contributed by atoms with E-state index in [0.717, 1.165) is 6.26 Å². The van der Waals surface area contributed by atoms with E-state index in [1.807, 2.05) is 0 Å². The van der Waals surface area contributed by atoms with Gasteiger partial charge in [-0.3, -0.25) is 14.9 Å². The van der Waals surface area contributed by atoms with Gasteiger partial charge in [-0.15, -0.1) is 0 Å². The predicted octanol–water partition coefficient (Wildman–Crippen LogP) is -0.152. The van der Waals surface area contributed by atoms with Gasteiger partial charge < -0.3 is 25.0 Å². The highest BCUT2D eigenvalue weighted by molar-refractivity contribution is 5.97. The Morgan fingerprint density at radius 2 is 2.04 bits per heavy atom. The Morgan fingerprint density at radius 3 is 2.67 bits per heavy atom. The second-order valence-electron chi connectivity index (χ2n) is 7.01. The van der Waals surface area contributed by atoms with Crippen molar-refractivity contribution >= 4 is 17.6 Å². The molecule has 2 heterocycles. The number of amides is 1. The molecule has 6 atom stereocenters. The van der Waals surface area contributed by atoms with E-state index in [2.05, 4.69) is 5.32 Å². The summed E-state index contributed by atoms with van der Waals surface area (Å²) >= 11 is 0. The standard InChI is InChI=1S/C17H16N2O8/c1-17(23)11-10-9(6-26-16(11)22)14(20)18-12(10)13(17)27-15(21)7-2-4-8(5-3-7)19(24)25/h2-6,10-13,16,22-23H,1H3,(H,18,20)/t10-,11-,12+,13+,16?,17-/m1/s1. The maximum Gasteiger partial charge on any atom is 0.338 e. The van der Waals surface area contributed by atoms with Gasteiger partial charge in [-0.2, -0.15) is 0 Å². The van der Waals surface area contributed by atoms with Gasteiger partial charge in [0.1, 0.15) is 5.60 Å². The number of hydrogen-bond acceptors (Lipinski definition) is 8. The summed E-state index contributed by atoms with van der Waals surface area (Å²) in [5, 5.41) is 34.5. The molecule has 1 aromatic rings. The lowest BCUT2D eigenvalue weighted by molar-refractivity contribution is -0.384. The zero-order valence-corrected chi connectivity index (χ0v) is 14.1. The second kappa shape index (κ2) is 5.76. The number of esters is 1. The molecule has 1 amide bonds. The Balaban J connectivity index is 1.62. The van der Waals surface area contributed by atoms with Crippen LogP contribution in [-0.4, -0.2) is 51.0 Å². The van der Waals surface area contributed by atoms with Crippen LogP contribution in [0.1, 0.15) is 17.3 Å². The molecule has 2 fully saturated rings. The first-order valence-electron chi connectivity index (χ1n) is 8.24. The largest absolute Gasteiger partial charge is 0.472 e. The molecule has 10 nitrogen and oxygen atoms in total. The molecule has 142 valence electrons. The number of carbonyl (C=O) groups excluding carboxylic acids is 2. The molecule has 0 spiro atoms. The summed E-state index contributed by atoms with van der Waals surface area (Å²) in [4.78, 5) is 34.7. The minimum atomic E-state index is -1.67. The van der Waals surface area contributed by atoms with Crippen LogP contribution in [0.5, 0.6) is 0 Å². The normalized spacial score (nSPS) is 36.3. The molecule has 0 bridgehead atoms. The van der Waals surface area contributed by atoms with Gasteiger partial charge in [0, 0.05) is 18.1 Å². The van der Waals surface area contributed by atoms with E-state index in [1.165, 1.54) is 31.2 Å². The summed E-state index contributed by atoms with van der Waals surface area (Å²) in [6, 6.07) is 4.10. The van der Waals surface area contributed by atoms with Crippen LogP contribution in [0.2, 0.25) is 0 Å². The van der Waals surface area contributed by atoms with Crippen LogP contribution in [0.25, 0.3) is 0 Å². The van der Waals surface area contributed by atoms with Crippen molar-refractivity contribution in [2.24, 2.45) is 11.8 Å². The summed E-state index contributed by atoms with van der Waals surface area (Å²) < 4.78 is 10.5. The molecule has 27 heavy (non-hydrogen) atoms. The highest BCUT2D eigenvalue weighted by Gasteiger charge is 2.67. The minimum Gasteiger partial charge on any atom is -0.472 e. The van der Waals surface area contributed by atoms with Crippen LogP contribution in [0.3, 0.4) is 0 Å². The van der Waals surface area contributed by atoms with Gasteiger partial charge in [-0.25, -0.2) is 4.79 Å². The molecular weight excluding hydrogens is 360 g/mol. The molecule has 1 aromatic carbocycles. The van der Waals surface area contributed by atoms with Crippen molar-refractivity contribution in [1.29, 1.82) is 0 Å². The maximum atomic E-state index is 12.5. The van der Waals surface area contributed by atoms with E-state index in [1.54, 1.807) is 0 Å². The Bertz CT molecular complexity index is 862. The Morgan fingerprint density at radius 1 is 1.37 bits per heavy atom. The van der Waals surface area contributed by atoms with E-state index in [-0.39, 0.29) is 16.8 Å². The fourth-order valence-corrected chi connectivity index (χ4v) is 4.19. The van der Waals surface area contributed by atoms with Gasteiger partial charge in [0.25, 0.3) is 11.6 Å². The molecule has 3 N–H and O–H groups in total. The van der Waals surface area contributed by atoms with E-state index >= 15 is 0 Å². The number of nitro groups is 1. The van der Waals surface area contributed by atoms with E-state index in [9.17, 15) is 29.9 Å². The smallest absolute Gasteiger partial charge is 0.338 e. The Hall–Kier alpha value is -2.98. The molecule has 0 radical (unpaired) electrons. The van der Waals surface area contributed by atoms with Crippen molar-refractivity contribution in [2.75, 3.05) is 0 Å². The summed E-state index contributed by atoms with van der Waals surface area (Å²) in [7, 11) is 0. The van der Waals surface area contributed by atoms with Crippen molar-refractivity contribution in [1.82, 2.24) is 5.32 Å². The molecule has 1 saturated carbocycles. The third-order valence-corrected chi connectivity index (χ3v) is 5.46. The number of benzene rings is 1. The van der Waals surface area contributed by atoms with Crippen LogP contribution in [0.15, 0.2) is 36.1 Å². The molecule has 1 saturated heterocycles. The number of hydrogen-bond donors (Lipinski definition) is 3. The van der Waals surface area contributed by atoms with E-state index in [0.29, 0.717) is 0 Å². The zero-order chi connectivity index (χ0) is 19.5. The molecule has 0 aromatic heterocycles. The number of non-ortho nitro benzene ring substituents is 1. The third-order valence-electron chi connectivity index (χ3n) is 5.46. The van der Waals surface area contributed by atoms with Crippen LogP contribution in [0.4, 0.5) is 5.69 Å². The zero-order valence-electron chi connectivity index (χ0n) is 14.1. The monoisotopic (exact) mass is 376 g/mol. The molecule has 1 unspecified atom stereocenters. The van der Waals surface area contributed by atoms with Gasteiger partial charge in [-0.1, -0.05) is 0 Å². The van der Waals surface area contributed by atoms with Crippen molar-refractivity contribution in [2.45, 2.75) is 31.0 Å². The second-order valence-corrected chi connectivity index (χ2v) is 7.01. The summed E-state index contributed by atoms with van der Waals surface area (Å²) in [6.07, 6.45) is -1.33. The minimum absolute atomic E-state index is 0.0585. The molecule has 4 rings (SSSR count). The molecule has 2 aliphatic heterocycles. The third kappa shape index (κ3) is 2.48. The number of aliphatic hydroxyl groups is 2. The summed E-state index contributed by atoms with van der Waals surface area (Å²) in [6.45, 7) is 1.41. The highest BCUT2D eigenvalue weighted by Crippen LogP contribution is 2.52. The molecular formula is C17H16N2O8. The number of nitrogens with one attached hydrogen (secondary N) is 1. The number of rotatable bonds is 3. The van der Waals surface area contributed by atoms with Gasteiger partial charge in [0.2, 0.25) is 6.29 Å². The molecule has 1 aliphatic carbocycles. The SMILES string of the molecule is C[C@]1(O)[C@@H](OC(=O)c2ccc([N+](=O)[O-])cc2)[C@H]2NC(=O)C3=COC(O)[C@H]1[C@@H]32. The van der Waals surface area contributed by atoms with Crippen LogP contribution < -0.4 is 5.32 Å². The van der Waals surface area contributed by atoms with Gasteiger partial charge >= 0.3 is 5.97 Å². The highest BCUT2D eigenvalue weighted by atomic mass is 16.6. The predicted molar refractivity (Wildman–Crippen MR) is 87.0 cm³/mol. The lowest BCUT2D eigenvalue weighted by atomic mass is 9.81. The van der Waals surface area contributed by atoms with Gasteiger partial charge in [0.05, 0.1) is 34.3 Å². The molecule has 10 heteroatoms. The Kier molecular flexibility index (Phi) is 3.72. The van der Waals surface area contributed by atoms with Crippen LogP contribution in [0, 0.1) is 22.0 Å². The summed E-state index contributed by atoms with van der Waals surface area (Å²) in [5.41, 5.74) is -1.51. The lowest BCUT2D eigenvalue weighted by Gasteiger charge is -2.36. The fourth-order valence-electron chi connectivity index (χ4n) is 4.19. The van der Waals surface area contributed by atoms with Crippen molar-refractivity contribution in [3.05, 3.63) is 51.8 Å². The first kappa shape index (κ1) is 17.4. The quantitative estimate of drug-likeness (QED) is 0.375. The number of nitrogens with zero attached hydrogens (tertiary/aromatic N) is 1. The van der Waals surface area contributed by atoms with Crippen LogP contribution >= 0.6 is 0 Å². The lowest BCUT2D eigenvalue weighted by Crippen LogP contribution is -2.52. The van der Waals surface area contributed by atoms with Gasteiger partial charge in [-0.05, 0) is 19.1 Å². The number of aliphatic hydroxyl groups excluding tert-OH is 1. The maximum absolute atomic E-state index is 12.5. The van der Waals surface area contributed by atoms with Gasteiger partial charge in [0.15, 0.2) is 6.10 Å². The van der Waals surface area contributed by atoms with Crippen molar-refractivity contribution < 1.29 is 34.2 Å². The average Bonchev–Trinajstić information content (AvgIpc) is 3.05. The number of ether oxygens (including phenoxy) is 2. The first-order valence-corrected chi connectivity index (χ1v) is 8.24. The van der Waals surface area contributed by atoms with Crippen molar-refractivity contribution in [3.63, 3.8) is 0 Å². The summed E-state index contributed by atoms with van der Waals surface area (Å²) in [5.74, 6) is -2.65.